The van der Waals surface area contributed by atoms with Crippen molar-refractivity contribution in [1.82, 2.24) is 0 Å². The zero-order valence-corrected chi connectivity index (χ0v) is 10.9. The molecule has 0 aliphatic carbocycles. The van der Waals surface area contributed by atoms with Crippen LogP contribution in [0.15, 0.2) is 36.4 Å². The lowest BCUT2D eigenvalue weighted by Crippen LogP contribution is -2.10. The van der Waals surface area contributed by atoms with Crippen LogP contribution in [0.4, 0.5) is 20.2 Å². The minimum absolute atomic E-state index is 0.00748. The van der Waals surface area contributed by atoms with Gasteiger partial charge < -0.3 is 11.1 Å². The van der Waals surface area contributed by atoms with Crippen LogP contribution in [0.5, 0.6) is 0 Å². The van der Waals surface area contributed by atoms with Crippen molar-refractivity contribution < 1.29 is 8.78 Å². The number of halogens is 2. The summed E-state index contributed by atoms with van der Waals surface area (Å²) in [7, 11) is 0. The van der Waals surface area contributed by atoms with Gasteiger partial charge in [0.25, 0.3) is 0 Å². The van der Waals surface area contributed by atoms with Gasteiger partial charge in [0.05, 0.1) is 11.4 Å². The maximum Gasteiger partial charge on any atom is 0.183 e. The van der Waals surface area contributed by atoms with E-state index in [1.54, 1.807) is 0 Å². The zero-order chi connectivity index (χ0) is 14.0. The minimum Gasteiger partial charge on any atom is -0.397 e. The molecule has 0 spiro atoms. The molecule has 2 aromatic carbocycles. The van der Waals surface area contributed by atoms with Crippen LogP contribution in [0.1, 0.15) is 24.1 Å². The highest BCUT2D eigenvalue weighted by Crippen LogP contribution is 2.28. The fourth-order valence-electron chi connectivity index (χ4n) is 1.87. The average molecular weight is 262 g/mol. The molecule has 3 N–H and O–H groups in total. The van der Waals surface area contributed by atoms with Gasteiger partial charge in [-0.15, -0.1) is 0 Å². The maximum atomic E-state index is 13.7. The maximum absolute atomic E-state index is 13.7. The summed E-state index contributed by atoms with van der Waals surface area (Å²) in [5.74, 6) is -1.85. The lowest BCUT2D eigenvalue weighted by Gasteiger charge is -2.18. The molecule has 1 atom stereocenters. The van der Waals surface area contributed by atoms with E-state index in [0.717, 1.165) is 17.2 Å². The molecular weight excluding hydrogens is 246 g/mol. The summed E-state index contributed by atoms with van der Waals surface area (Å²) < 4.78 is 26.9. The molecule has 0 heterocycles. The Morgan fingerprint density at radius 1 is 1.05 bits per heavy atom. The third kappa shape index (κ3) is 2.84. The van der Waals surface area contributed by atoms with Gasteiger partial charge in [-0.25, -0.2) is 8.78 Å². The monoisotopic (exact) mass is 262 g/mol. The van der Waals surface area contributed by atoms with Crippen molar-refractivity contribution in [3.63, 3.8) is 0 Å². The normalized spacial score (nSPS) is 12.2. The Morgan fingerprint density at radius 3 is 2.32 bits per heavy atom. The molecule has 0 saturated carbocycles. The molecule has 19 heavy (non-hydrogen) atoms. The molecular formula is C15H16F2N2. The highest BCUT2D eigenvalue weighted by molar-refractivity contribution is 5.67. The molecule has 0 aliphatic rings. The third-order valence-corrected chi connectivity index (χ3v) is 3.07. The number of nitrogens with two attached hydrogens (primary N) is 1. The van der Waals surface area contributed by atoms with Crippen molar-refractivity contribution >= 4 is 11.4 Å². The Morgan fingerprint density at radius 2 is 1.68 bits per heavy atom. The van der Waals surface area contributed by atoms with Crippen molar-refractivity contribution in [2.45, 2.75) is 19.9 Å². The SMILES string of the molecule is Cc1ccc(C(C)Nc2c(N)ccc(F)c2F)cc1. The molecule has 1 unspecified atom stereocenters. The van der Waals surface area contributed by atoms with Crippen LogP contribution in [0.25, 0.3) is 0 Å². The van der Waals surface area contributed by atoms with Crippen LogP contribution in [0.2, 0.25) is 0 Å². The predicted molar refractivity (Wildman–Crippen MR) is 74.0 cm³/mol. The van der Waals surface area contributed by atoms with Gasteiger partial charge in [-0.2, -0.15) is 0 Å². The number of nitrogens with one attached hydrogen (secondary N) is 1. The van der Waals surface area contributed by atoms with Crippen LogP contribution in [-0.4, -0.2) is 0 Å². The largest absolute Gasteiger partial charge is 0.397 e. The fourth-order valence-corrected chi connectivity index (χ4v) is 1.87. The van der Waals surface area contributed by atoms with E-state index in [1.165, 1.54) is 6.07 Å². The van der Waals surface area contributed by atoms with Gasteiger partial charge in [-0.1, -0.05) is 29.8 Å². The van der Waals surface area contributed by atoms with Crippen molar-refractivity contribution in [1.29, 1.82) is 0 Å². The Balaban J connectivity index is 2.26. The van der Waals surface area contributed by atoms with E-state index in [-0.39, 0.29) is 17.4 Å². The van der Waals surface area contributed by atoms with Crippen LogP contribution in [0.3, 0.4) is 0 Å². The number of nitrogen functional groups attached to an aromatic ring is 1. The molecule has 4 heteroatoms. The second-order valence-corrected chi connectivity index (χ2v) is 4.60. The lowest BCUT2D eigenvalue weighted by atomic mass is 10.1. The molecule has 0 amide bonds. The first kappa shape index (κ1) is 13.3. The van der Waals surface area contributed by atoms with E-state index in [1.807, 2.05) is 38.1 Å². The highest BCUT2D eigenvalue weighted by Gasteiger charge is 2.14. The van der Waals surface area contributed by atoms with Crippen molar-refractivity contribution in [3.05, 3.63) is 59.2 Å². The fraction of sp³-hybridized carbons (Fsp3) is 0.200. The van der Waals surface area contributed by atoms with Gasteiger partial charge >= 0.3 is 0 Å². The summed E-state index contributed by atoms with van der Waals surface area (Å²) in [5.41, 5.74) is 8.00. The highest BCUT2D eigenvalue weighted by atomic mass is 19.2. The summed E-state index contributed by atoms with van der Waals surface area (Å²) in [6, 6.07) is 10.0. The van der Waals surface area contributed by atoms with Gasteiger partial charge in [0, 0.05) is 6.04 Å². The Kier molecular flexibility index (Phi) is 3.69. The standard InChI is InChI=1S/C15H16F2N2/c1-9-3-5-11(6-4-9)10(2)19-15-13(18)8-7-12(16)14(15)17/h3-8,10,19H,18H2,1-2H3. The number of aryl methyl sites for hydroxylation is 1. The summed E-state index contributed by atoms with van der Waals surface area (Å²) in [6.07, 6.45) is 0. The van der Waals surface area contributed by atoms with Crippen LogP contribution in [-0.2, 0) is 0 Å². The zero-order valence-electron chi connectivity index (χ0n) is 10.9. The number of benzene rings is 2. The molecule has 2 rings (SSSR count). The molecule has 2 aromatic rings. The molecule has 0 aromatic heterocycles. The Labute approximate surface area is 111 Å². The average Bonchev–Trinajstić information content (AvgIpc) is 2.40. The number of rotatable bonds is 3. The first-order valence-electron chi connectivity index (χ1n) is 6.05. The van der Waals surface area contributed by atoms with E-state index in [9.17, 15) is 8.78 Å². The molecule has 0 aliphatic heterocycles. The first-order valence-corrected chi connectivity index (χ1v) is 6.05. The van der Waals surface area contributed by atoms with E-state index in [0.29, 0.717) is 0 Å². The van der Waals surface area contributed by atoms with Gasteiger partial charge in [0.1, 0.15) is 0 Å². The minimum atomic E-state index is -0.945. The second-order valence-electron chi connectivity index (χ2n) is 4.60. The third-order valence-electron chi connectivity index (χ3n) is 3.07. The summed E-state index contributed by atoms with van der Waals surface area (Å²) in [4.78, 5) is 0. The van der Waals surface area contributed by atoms with Gasteiger partial charge in [-0.3, -0.25) is 0 Å². The summed E-state index contributed by atoms with van der Waals surface area (Å²) >= 11 is 0. The van der Waals surface area contributed by atoms with Gasteiger partial charge in [-0.05, 0) is 31.5 Å². The second kappa shape index (κ2) is 5.26. The number of hydrogen-bond acceptors (Lipinski definition) is 2. The quantitative estimate of drug-likeness (QED) is 0.820. The van der Waals surface area contributed by atoms with E-state index in [4.69, 9.17) is 5.73 Å². The number of anilines is 2. The first-order chi connectivity index (χ1) is 8.99. The van der Waals surface area contributed by atoms with Crippen LogP contribution >= 0.6 is 0 Å². The van der Waals surface area contributed by atoms with Crippen LogP contribution < -0.4 is 11.1 Å². The molecule has 0 saturated heterocycles. The van der Waals surface area contributed by atoms with E-state index < -0.39 is 11.6 Å². The molecule has 0 radical (unpaired) electrons. The van der Waals surface area contributed by atoms with Crippen molar-refractivity contribution in [2.75, 3.05) is 11.1 Å². The van der Waals surface area contributed by atoms with E-state index >= 15 is 0 Å². The summed E-state index contributed by atoms with van der Waals surface area (Å²) in [6.45, 7) is 3.86. The molecule has 0 fully saturated rings. The number of hydrogen-bond donors (Lipinski definition) is 2. The smallest absolute Gasteiger partial charge is 0.183 e. The Hall–Kier alpha value is -2.10. The summed E-state index contributed by atoms with van der Waals surface area (Å²) in [5, 5.41) is 2.92. The predicted octanol–water partition coefficient (Wildman–Crippen LogP) is 4.03. The van der Waals surface area contributed by atoms with Crippen LogP contribution in [0, 0.1) is 18.6 Å². The van der Waals surface area contributed by atoms with Gasteiger partial charge in [0.15, 0.2) is 11.6 Å². The van der Waals surface area contributed by atoms with E-state index in [2.05, 4.69) is 5.32 Å². The Bertz CT molecular complexity index is 579. The van der Waals surface area contributed by atoms with Gasteiger partial charge in [0.2, 0.25) is 0 Å². The van der Waals surface area contributed by atoms with Crippen molar-refractivity contribution in [2.24, 2.45) is 0 Å². The molecule has 2 nitrogen and oxygen atoms in total. The lowest BCUT2D eigenvalue weighted by molar-refractivity contribution is 0.510. The molecule has 100 valence electrons. The topological polar surface area (TPSA) is 38.0 Å². The van der Waals surface area contributed by atoms with Crippen molar-refractivity contribution in [3.8, 4) is 0 Å². The molecule has 0 bridgehead atoms.